The molecule has 0 heterocycles. The molecule has 1 amide bonds. The summed E-state index contributed by atoms with van der Waals surface area (Å²) in [6, 6.07) is 7.50. The normalized spacial score (nSPS) is 9.79. The molecule has 0 aliphatic carbocycles. The second-order valence-corrected chi connectivity index (χ2v) is 3.70. The van der Waals surface area contributed by atoms with Crippen molar-refractivity contribution < 1.29 is 14.3 Å². The van der Waals surface area contributed by atoms with Crippen molar-refractivity contribution in [3.8, 4) is 0 Å². The van der Waals surface area contributed by atoms with Gasteiger partial charge >= 0.3 is 0 Å². The van der Waals surface area contributed by atoms with E-state index in [0.29, 0.717) is 26.4 Å². The highest BCUT2D eigenvalue weighted by molar-refractivity contribution is 5.92. The first kappa shape index (κ1) is 17.9. The molecule has 0 aromatic heterocycles. The van der Waals surface area contributed by atoms with Gasteiger partial charge in [0.2, 0.25) is 5.91 Å². The molecular formula is C13H21ClN2O3. The zero-order valence-electron chi connectivity index (χ0n) is 11.1. The van der Waals surface area contributed by atoms with E-state index in [4.69, 9.17) is 15.2 Å². The summed E-state index contributed by atoms with van der Waals surface area (Å²) in [7, 11) is 0. The predicted octanol–water partition coefficient (Wildman–Crippen LogP) is 1.56. The minimum absolute atomic E-state index is 0. The second kappa shape index (κ2) is 10.8. The van der Waals surface area contributed by atoms with Crippen LogP contribution in [0, 0.1) is 0 Å². The number of carbonyl (C=O) groups is 1. The number of nitrogens with two attached hydrogens (primary N) is 1. The first-order chi connectivity index (χ1) is 8.76. The largest absolute Gasteiger partial charge is 0.379 e. The molecular weight excluding hydrogens is 268 g/mol. The average molecular weight is 289 g/mol. The highest BCUT2D eigenvalue weighted by atomic mass is 35.5. The van der Waals surface area contributed by atoms with Crippen molar-refractivity contribution in [2.45, 2.75) is 13.5 Å². The van der Waals surface area contributed by atoms with E-state index in [1.165, 1.54) is 0 Å². The Morgan fingerprint density at radius 3 is 2.74 bits per heavy atom. The number of ether oxygens (including phenoxy) is 2. The first-order valence-corrected chi connectivity index (χ1v) is 6.00. The zero-order chi connectivity index (χ0) is 13.2. The zero-order valence-corrected chi connectivity index (χ0v) is 11.9. The molecule has 6 heteroatoms. The van der Waals surface area contributed by atoms with E-state index in [-0.39, 0.29) is 24.9 Å². The van der Waals surface area contributed by atoms with E-state index in [9.17, 15) is 4.79 Å². The molecule has 1 aromatic carbocycles. The molecule has 0 atom stereocenters. The van der Waals surface area contributed by atoms with Gasteiger partial charge in [-0.3, -0.25) is 4.79 Å². The van der Waals surface area contributed by atoms with E-state index in [1.54, 1.807) is 0 Å². The van der Waals surface area contributed by atoms with Gasteiger partial charge in [0.1, 0.15) is 0 Å². The van der Waals surface area contributed by atoms with Crippen molar-refractivity contribution in [2.24, 2.45) is 5.73 Å². The fourth-order valence-electron chi connectivity index (χ4n) is 1.40. The minimum Gasteiger partial charge on any atom is -0.379 e. The molecule has 3 N–H and O–H groups in total. The summed E-state index contributed by atoms with van der Waals surface area (Å²) < 4.78 is 10.6. The number of nitrogens with one attached hydrogen (secondary N) is 1. The Morgan fingerprint density at radius 2 is 2.05 bits per heavy atom. The van der Waals surface area contributed by atoms with Gasteiger partial charge in [-0.2, -0.15) is 0 Å². The van der Waals surface area contributed by atoms with Gasteiger partial charge in [0.15, 0.2) is 0 Å². The number of hydrogen-bond acceptors (Lipinski definition) is 4. The van der Waals surface area contributed by atoms with Gasteiger partial charge in [0.05, 0.1) is 26.4 Å². The van der Waals surface area contributed by atoms with Crippen molar-refractivity contribution in [1.82, 2.24) is 0 Å². The van der Waals surface area contributed by atoms with Gasteiger partial charge in [-0.05, 0) is 24.6 Å². The number of amides is 1. The molecule has 0 saturated carbocycles. The number of benzene rings is 1. The van der Waals surface area contributed by atoms with Crippen LogP contribution < -0.4 is 11.1 Å². The Morgan fingerprint density at radius 1 is 1.32 bits per heavy atom. The predicted molar refractivity (Wildman–Crippen MR) is 77.5 cm³/mol. The van der Waals surface area contributed by atoms with E-state index in [2.05, 4.69) is 5.32 Å². The standard InChI is InChI=1S/C13H20N2O3.ClH/c1-2-17-6-7-18-10-11-4-3-5-12(8-11)15-13(16)9-14;/h3-5,8H,2,6-7,9-10,14H2,1H3,(H,15,16);1H. The number of carbonyl (C=O) groups excluding carboxylic acids is 1. The Balaban J connectivity index is 0.00000324. The summed E-state index contributed by atoms with van der Waals surface area (Å²) in [5, 5.41) is 2.70. The van der Waals surface area contributed by atoms with Crippen molar-refractivity contribution in [3.63, 3.8) is 0 Å². The van der Waals surface area contributed by atoms with Crippen LogP contribution >= 0.6 is 12.4 Å². The molecule has 0 aliphatic heterocycles. The van der Waals surface area contributed by atoms with E-state index < -0.39 is 0 Å². The first-order valence-electron chi connectivity index (χ1n) is 6.00. The summed E-state index contributed by atoms with van der Waals surface area (Å²) in [4.78, 5) is 11.1. The SMILES string of the molecule is CCOCCOCc1cccc(NC(=O)CN)c1.Cl. The summed E-state index contributed by atoms with van der Waals surface area (Å²) in [6.45, 7) is 4.29. The van der Waals surface area contributed by atoms with E-state index in [1.807, 2.05) is 31.2 Å². The van der Waals surface area contributed by atoms with Gasteiger partial charge in [0, 0.05) is 12.3 Å². The lowest BCUT2D eigenvalue weighted by Gasteiger charge is -2.07. The van der Waals surface area contributed by atoms with Crippen LogP contribution in [0.4, 0.5) is 5.69 Å². The lowest BCUT2D eigenvalue weighted by atomic mass is 10.2. The third kappa shape index (κ3) is 7.79. The minimum atomic E-state index is -0.204. The lowest BCUT2D eigenvalue weighted by molar-refractivity contribution is -0.114. The van der Waals surface area contributed by atoms with Crippen molar-refractivity contribution in [2.75, 3.05) is 31.7 Å². The van der Waals surface area contributed by atoms with Gasteiger partial charge < -0.3 is 20.5 Å². The quantitative estimate of drug-likeness (QED) is 0.712. The molecule has 5 nitrogen and oxygen atoms in total. The van der Waals surface area contributed by atoms with Gasteiger partial charge in [0.25, 0.3) is 0 Å². The maximum Gasteiger partial charge on any atom is 0.238 e. The van der Waals surface area contributed by atoms with Crippen molar-refractivity contribution in [3.05, 3.63) is 29.8 Å². The third-order valence-electron chi connectivity index (χ3n) is 2.24. The highest BCUT2D eigenvalue weighted by Gasteiger charge is 2.00. The average Bonchev–Trinajstić information content (AvgIpc) is 2.39. The monoisotopic (exact) mass is 288 g/mol. The molecule has 0 spiro atoms. The smallest absolute Gasteiger partial charge is 0.238 e. The molecule has 0 aliphatic rings. The van der Waals surface area contributed by atoms with Gasteiger partial charge in [-0.15, -0.1) is 12.4 Å². The molecule has 1 rings (SSSR count). The van der Waals surface area contributed by atoms with Crippen LogP contribution in [0.1, 0.15) is 12.5 Å². The number of anilines is 1. The van der Waals surface area contributed by atoms with Crippen LogP contribution in [0.25, 0.3) is 0 Å². The van der Waals surface area contributed by atoms with Gasteiger partial charge in [-0.25, -0.2) is 0 Å². The molecule has 0 unspecified atom stereocenters. The summed E-state index contributed by atoms with van der Waals surface area (Å²) in [5.74, 6) is -0.204. The Bertz CT molecular complexity index is 375. The second-order valence-electron chi connectivity index (χ2n) is 3.70. The third-order valence-corrected chi connectivity index (χ3v) is 2.24. The van der Waals surface area contributed by atoms with Crippen LogP contribution in [0.3, 0.4) is 0 Å². The molecule has 0 saturated heterocycles. The van der Waals surface area contributed by atoms with Crippen LogP contribution in [-0.4, -0.2) is 32.3 Å². The van der Waals surface area contributed by atoms with Crippen molar-refractivity contribution >= 4 is 24.0 Å². The summed E-state index contributed by atoms with van der Waals surface area (Å²) >= 11 is 0. The number of halogens is 1. The summed E-state index contributed by atoms with van der Waals surface area (Å²) in [5.41, 5.74) is 6.97. The molecule has 108 valence electrons. The Hall–Kier alpha value is -1.14. The van der Waals surface area contributed by atoms with Crippen LogP contribution in [0.2, 0.25) is 0 Å². The maximum absolute atomic E-state index is 11.1. The van der Waals surface area contributed by atoms with E-state index in [0.717, 1.165) is 11.3 Å². The molecule has 0 fully saturated rings. The van der Waals surface area contributed by atoms with Gasteiger partial charge in [-0.1, -0.05) is 12.1 Å². The summed E-state index contributed by atoms with van der Waals surface area (Å²) in [6.07, 6.45) is 0. The Kier molecular flexibility index (Phi) is 10.1. The molecule has 0 bridgehead atoms. The fraction of sp³-hybridized carbons (Fsp3) is 0.462. The molecule has 1 aromatic rings. The molecule has 19 heavy (non-hydrogen) atoms. The van der Waals surface area contributed by atoms with Crippen molar-refractivity contribution in [1.29, 1.82) is 0 Å². The molecule has 0 radical (unpaired) electrons. The van der Waals surface area contributed by atoms with Crippen LogP contribution in [0.15, 0.2) is 24.3 Å². The lowest BCUT2D eigenvalue weighted by Crippen LogP contribution is -2.21. The van der Waals surface area contributed by atoms with Crippen LogP contribution in [0.5, 0.6) is 0 Å². The van der Waals surface area contributed by atoms with Crippen LogP contribution in [-0.2, 0) is 20.9 Å². The van der Waals surface area contributed by atoms with E-state index >= 15 is 0 Å². The fourth-order valence-corrected chi connectivity index (χ4v) is 1.40. The topological polar surface area (TPSA) is 73.6 Å². The number of rotatable bonds is 8. The Labute approximate surface area is 119 Å². The maximum atomic E-state index is 11.1. The number of hydrogen-bond donors (Lipinski definition) is 2. The highest BCUT2D eigenvalue weighted by Crippen LogP contribution is 2.11.